The zero-order valence-corrected chi connectivity index (χ0v) is 14.3. The Morgan fingerprint density at radius 2 is 2.04 bits per heavy atom. The highest BCUT2D eigenvalue weighted by Crippen LogP contribution is 2.47. The molecule has 6 nitrogen and oxygen atoms in total. The first-order valence-electron chi connectivity index (χ1n) is 9.10. The summed E-state index contributed by atoms with van der Waals surface area (Å²) in [5.74, 6) is -0.834. The normalized spacial score (nSPS) is 28.7. The van der Waals surface area contributed by atoms with Gasteiger partial charge in [-0.25, -0.2) is 0 Å². The summed E-state index contributed by atoms with van der Waals surface area (Å²) in [6.45, 7) is 1.34. The van der Waals surface area contributed by atoms with E-state index in [1.165, 1.54) is 0 Å². The summed E-state index contributed by atoms with van der Waals surface area (Å²) in [6.07, 6.45) is 1.44. The van der Waals surface area contributed by atoms with Crippen LogP contribution in [0.1, 0.15) is 23.6 Å². The van der Waals surface area contributed by atoms with Gasteiger partial charge in [-0.15, -0.1) is 0 Å². The number of nitrogens with zero attached hydrogens (tertiary/aromatic N) is 2. The van der Waals surface area contributed by atoms with E-state index in [1.54, 1.807) is 6.07 Å². The van der Waals surface area contributed by atoms with Gasteiger partial charge >= 0.3 is 5.97 Å². The maximum Gasteiger partial charge on any atom is 0.308 e. The predicted molar refractivity (Wildman–Crippen MR) is 98.4 cm³/mol. The van der Waals surface area contributed by atoms with Crippen LogP contribution in [0.3, 0.4) is 0 Å². The number of rotatable bonds is 1. The number of fused-ring (bicyclic) bond motifs is 8. The molecule has 3 aliphatic heterocycles. The van der Waals surface area contributed by atoms with E-state index in [1.807, 2.05) is 34.9 Å². The van der Waals surface area contributed by atoms with E-state index in [0.29, 0.717) is 18.7 Å². The van der Waals surface area contributed by atoms with E-state index >= 15 is 0 Å². The van der Waals surface area contributed by atoms with Crippen LogP contribution in [-0.2, 0) is 17.8 Å². The summed E-state index contributed by atoms with van der Waals surface area (Å²) >= 11 is 0. The molecule has 0 spiro atoms. The fraction of sp³-hybridized carbons (Fsp3) is 0.400. The number of carboxylic acid groups (broad SMARTS) is 1. The van der Waals surface area contributed by atoms with Crippen LogP contribution in [0.5, 0.6) is 0 Å². The first-order valence-corrected chi connectivity index (χ1v) is 9.10. The highest BCUT2D eigenvalue weighted by Gasteiger charge is 2.49. The maximum atomic E-state index is 12.3. The quantitative estimate of drug-likeness (QED) is 0.763. The van der Waals surface area contributed by atoms with Crippen LogP contribution in [-0.4, -0.2) is 28.2 Å². The SMILES string of the molecule is Nc1ccc2c(c1)C[C@@H](C(=O)O)[C@@H]1[C@H]3C[C@@H](CN21)c1cccc(=O)n1C3. The van der Waals surface area contributed by atoms with Gasteiger partial charge in [-0.3, -0.25) is 9.59 Å². The molecule has 4 atom stereocenters. The molecule has 3 aliphatic rings. The summed E-state index contributed by atoms with van der Waals surface area (Å²) < 4.78 is 1.85. The van der Waals surface area contributed by atoms with E-state index in [9.17, 15) is 14.7 Å². The maximum absolute atomic E-state index is 12.3. The van der Waals surface area contributed by atoms with Crippen molar-refractivity contribution in [3.8, 4) is 0 Å². The Bertz CT molecular complexity index is 967. The third-order valence-electron chi connectivity index (χ3n) is 6.35. The summed E-state index contributed by atoms with van der Waals surface area (Å²) in [6, 6.07) is 11.2. The molecule has 4 heterocycles. The van der Waals surface area contributed by atoms with Gasteiger partial charge in [-0.1, -0.05) is 6.07 Å². The Morgan fingerprint density at radius 3 is 2.85 bits per heavy atom. The molecule has 0 unspecified atom stereocenters. The fourth-order valence-corrected chi connectivity index (χ4v) is 5.36. The Labute approximate surface area is 150 Å². The molecule has 2 aromatic rings. The zero-order chi connectivity index (χ0) is 18.0. The van der Waals surface area contributed by atoms with Crippen LogP contribution in [0.4, 0.5) is 11.4 Å². The van der Waals surface area contributed by atoms with Crippen LogP contribution < -0.4 is 16.2 Å². The van der Waals surface area contributed by atoms with Gasteiger partial charge in [0.1, 0.15) is 0 Å². The van der Waals surface area contributed by atoms with Crippen LogP contribution in [0, 0.1) is 11.8 Å². The first-order chi connectivity index (χ1) is 12.5. The average molecular weight is 351 g/mol. The van der Waals surface area contributed by atoms with Crippen LogP contribution >= 0.6 is 0 Å². The van der Waals surface area contributed by atoms with Crippen LogP contribution in [0.25, 0.3) is 0 Å². The number of anilines is 2. The van der Waals surface area contributed by atoms with E-state index in [4.69, 9.17) is 5.73 Å². The number of benzene rings is 1. The molecular weight excluding hydrogens is 330 g/mol. The standard InChI is InChI=1S/C20H21N3O3/c21-14-4-5-17-11(7-14)8-15(20(25)26)19-13-6-12(9-23(17)19)16-2-1-3-18(24)22(16)10-13/h1-5,7,12-13,15,19H,6,8-10,21H2,(H,25,26)/t12-,13-,15+,19-/m0/s1. The lowest BCUT2D eigenvalue weighted by Crippen LogP contribution is -2.60. The van der Waals surface area contributed by atoms with Gasteiger partial charge in [0, 0.05) is 48.2 Å². The summed E-state index contributed by atoms with van der Waals surface area (Å²) in [4.78, 5) is 26.7. The Hall–Kier alpha value is -2.76. The van der Waals surface area contributed by atoms with Crippen molar-refractivity contribution in [1.82, 2.24) is 4.57 Å². The summed E-state index contributed by atoms with van der Waals surface area (Å²) in [7, 11) is 0. The molecule has 26 heavy (non-hydrogen) atoms. The fourth-order valence-electron chi connectivity index (χ4n) is 5.36. The first kappa shape index (κ1) is 15.5. The molecule has 1 fully saturated rings. The average Bonchev–Trinajstić information content (AvgIpc) is 2.61. The van der Waals surface area contributed by atoms with Crippen molar-refractivity contribution in [2.24, 2.45) is 11.8 Å². The smallest absolute Gasteiger partial charge is 0.308 e. The van der Waals surface area contributed by atoms with Crippen molar-refractivity contribution in [1.29, 1.82) is 0 Å². The van der Waals surface area contributed by atoms with Crippen molar-refractivity contribution in [2.75, 3.05) is 17.2 Å². The molecule has 0 radical (unpaired) electrons. The second-order valence-corrected chi connectivity index (χ2v) is 7.77. The molecular formula is C20H21N3O3. The molecule has 6 heteroatoms. The second-order valence-electron chi connectivity index (χ2n) is 7.77. The number of aromatic nitrogens is 1. The second kappa shape index (κ2) is 5.37. The molecule has 134 valence electrons. The molecule has 0 saturated carbocycles. The highest BCUT2D eigenvalue weighted by molar-refractivity contribution is 5.76. The van der Waals surface area contributed by atoms with Gasteiger partial charge in [0.2, 0.25) is 0 Å². The minimum atomic E-state index is -0.766. The lowest BCUT2D eigenvalue weighted by Gasteiger charge is -2.53. The van der Waals surface area contributed by atoms with Crippen molar-refractivity contribution >= 4 is 17.3 Å². The third kappa shape index (κ3) is 2.11. The molecule has 0 amide bonds. The zero-order valence-electron chi connectivity index (χ0n) is 14.3. The largest absolute Gasteiger partial charge is 0.481 e. The number of aliphatic carboxylic acids is 1. The Morgan fingerprint density at radius 1 is 1.19 bits per heavy atom. The lowest BCUT2D eigenvalue weighted by molar-refractivity contribution is -0.143. The molecule has 1 aromatic heterocycles. The molecule has 1 aromatic carbocycles. The number of pyridine rings is 1. The third-order valence-corrected chi connectivity index (χ3v) is 6.35. The number of hydrogen-bond donors (Lipinski definition) is 2. The van der Waals surface area contributed by atoms with Crippen molar-refractivity contribution in [3.63, 3.8) is 0 Å². The number of carboxylic acids is 1. The molecule has 1 saturated heterocycles. The Balaban J connectivity index is 1.65. The number of nitrogens with two attached hydrogens (primary N) is 1. The number of carbonyl (C=O) groups is 1. The molecule has 2 bridgehead atoms. The monoisotopic (exact) mass is 351 g/mol. The van der Waals surface area contributed by atoms with Gasteiger partial charge < -0.3 is 20.3 Å². The van der Waals surface area contributed by atoms with E-state index in [0.717, 1.165) is 29.9 Å². The number of piperidine rings is 1. The Kier molecular flexibility index (Phi) is 3.20. The number of nitrogen functional groups attached to an aromatic ring is 1. The molecule has 0 aliphatic carbocycles. The van der Waals surface area contributed by atoms with Crippen molar-refractivity contribution in [2.45, 2.75) is 31.3 Å². The molecule has 3 N–H and O–H groups in total. The van der Waals surface area contributed by atoms with Crippen molar-refractivity contribution < 1.29 is 9.90 Å². The van der Waals surface area contributed by atoms with Gasteiger partial charge in [-0.2, -0.15) is 0 Å². The predicted octanol–water partition coefficient (Wildman–Crippen LogP) is 1.68. The van der Waals surface area contributed by atoms with E-state index in [2.05, 4.69) is 4.90 Å². The summed E-state index contributed by atoms with van der Waals surface area (Å²) in [5.41, 5.74) is 9.81. The van der Waals surface area contributed by atoms with E-state index in [-0.39, 0.29) is 23.4 Å². The van der Waals surface area contributed by atoms with Crippen LogP contribution in [0.15, 0.2) is 41.2 Å². The van der Waals surface area contributed by atoms with Gasteiger partial charge in [0.15, 0.2) is 0 Å². The minimum absolute atomic E-state index is 0.0153. The highest BCUT2D eigenvalue weighted by atomic mass is 16.4. The topological polar surface area (TPSA) is 88.6 Å². The lowest BCUT2D eigenvalue weighted by atomic mass is 9.70. The number of hydrogen-bond acceptors (Lipinski definition) is 4. The van der Waals surface area contributed by atoms with E-state index < -0.39 is 11.9 Å². The molecule has 5 rings (SSSR count). The van der Waals surface area contributed by atoms with Crippen molar-refractivity contribution in [3.05, 3.63) is 58.0 Å². The van der Waals surface area contributed by atoms with Gasteiger partial charge in [0.05, 0.1) is 5.92 Å². The minimum Gasteiger partial charge on any atom is -0.481 e. The van der Waals surface area contributed by atoms with Gasteiger partial charge in [0.25, 0.3) is 5.56 Å². The van der Waals surface area contributed by atoms with Crippen LogP contribution in [0.2, 0.25) is 0 Å². The van der Waals surface area contributed by atoms with Gasteiger partial charge in [-0.05, 0) is 48.6 Å². The summed E-state index contributed by atoms with van der Waals surface area (Å²) in [5, 5.41) is 9.89.